The van der Waals surface area contributed by atoms with Crippen LogP contribution in [0.5, 0.6) is 0 Å². The van der Waals surface area contributed by atoms with Crippen LogP contribution in [0.1, 0.15) is 71.6 Å². The molecule has 1 unspecified atom stereocenters. The van der Waals surface area contributed by atoms with Gasteiger partial charge in [-0.3, -0.25) is 4.90 Å². The third kappa shape index (κ3) is 3.72. The number of likely N-dealkylation sites (tertiary alicyclic amines) is 1. The lowest BCUT2D eigenvalue weighted by atomic mass is 9.78. The zero-order valence-electron chi connectivity index (χ0n) is 13.4. The quantitative estimate of drug-likeness (QED) is 0.778. The normalized spacial score (nSPS) is 26.1. The molecular formula is C17H34N2. The maximum atomic E-state index is 3.70. The molecular weight excluding hydrogens is 232 g/mol. The van der Waals surface area contributed by atoms with Gasteiger partial charge in [-0.15, -0.1) is 0 Å². The summed E-state index contributed by atoms with van der Waals surface area (Å²) in [4.78, 5) is 2.75. The molecule has 2 rings (SSSR count). The Bertz CT molecular complexity index is 248. The highest BCUT2D eigenvalue weighted by atomic mass is 15.2. The van der Waals surface area contributed by atoms with Crippen LogP contribution < -0.4 is 5.32 Å². The molecule has 1 aliphatic carbocycles. The van der Waals surface area contributed by atoms with Crippen LogP contribution in [0.2, 0.25) is 0 Å². The predicted octanol–water partition coefficient (Wildman–Crippen LogP) is 3.81. The standard InChI is InChI=1S/C17H34N2/c1-17(2,19-13-9-6-10-14-19)16(18-3)15-11-7-4-5-8-12-15/h15-16,18H,4-14H2,1-3H3. The second kappa shape index (κ2) is 7.08. The van der Waals surface area contributed by atoms with Gasteiger partial charge in [-0.1, -0.05) is 32.1 Å². The summed E-state index contributed by atoms with van der Waals surface area (Å²) < 4.78 is 0. The van der Waals surface area contributed by atoms with Crippen molar-refractivity contribution < 1.29 is 0 Å². The zero-order valence-corrected chi connectivity index (χ0v) is 13.4. The average Bonchev–Trinajstić information content (AvgIpc) is 2.69. The smallest absolute Gasteiger partial charge is 0.0308 e. The summed E-state index contributed by atoms with van der Waals surface area (Å²) in [6, 6.07) is 0.656. The van der Waals surface area contributed by atoms with E-state index in [1.807, 2.05) is 0 Å². The first-order chi connectivity index (χ1) is 9.16. The second-order valence-electron chi connectivity index (χ2n) is 7.22. The highest BCUT2D eigenvalue weighted by Gasteiger charge is 2.39. The molecule has 1 atom stereocenters. The summed E-state index contributed by atoms with van der Waals surface area (Å²) in [5.41, 5.74) is 0.310. The lowest BCUT2D eigenvalue weighted by molar-refractivity contribution is 0.0397. The summed E-state index contributed by atoms with van der Waals surface area (Å²) in [5, 5.41) is 3.70. The van der Waals surface area contributed by atoms with Crippen molar-refractivity contribution in [3.63, 3.8) is 0 Å². The first-order valence-corrected chi connectivity index (χ1v) is 8.58. The van der Waals surface area contributed by atoms with E-state index in [4.69, 9.17) is 0 Å². The van der Waals surface area contributed by atoms with E-state index in [0.29, 0.717) is 11.6 Å². The van der Waals surface area contributed by atoms with E-state index in [1.165, 1.54) is 70.9 Å². The summed E-state index contributed by atoms with van der Waals surface area (Å²) >= 11 is 0. The average molecular weight is 266 g/mol. The molecule has 0 bridgehead atoms. The van der Waals surface area contributed by atoms with Crippen molar-refractivity contribution in [2.45, 2.75) is 83.2 Å². The monoisotopic (exact) mass is 266 g/mol. The molecule has 2 fully saturated rings. The molecule has 0 amide bonds. The fraction of sp³-hybridized carbons (Fsp3) is 1.00. The van der Waals surface area contributed by atoms with Gasteiger partial charge in [0.05, 0.1) is 0 Å². The van der Waals surface area contributed by atoms with Gasteiger partial charge in [-0.2, -0.15) is 0 Å². The summed E-state index contributed by atoms with van der Waals surface area (Å²) in [6.07, 6.45) is 12.9. The van der Waals surface area contributed by atoms with Gasteiger partial charge in [0.15, 0.2) is 0 Å². The van der Waals surface area contributed by atoms with Crippen LogP contribution in [-0.2, 0) is 0 Å². The molecule has 1 N–H and O–H groups in total. The molecule has 0 aromatic rings. The van der Waals surface area contributed by atoms with Crippen molar-refractivity contribution in [3.8, 4) is 0 Å². The van der Waals surface area contributed by atoms with Crippen LogP contribution in [0.4, 0.5) is 0 Å². The van der Waals surface area contributed by atoms with Gasteiger partial charge in [-0.05, 0) is 65.6 Å². The predicted molar refractivity (Wildman–Crippen MR) is 83.5 cm³/mol. The van der Waals surface area contributed by atoms with Crippen molar-refractivity contribution in [1.29, 1.82) is 0 Å². The molecule has 1 heterocycles. The Morgan fingerprint density at radius 1 is 0.895 bits per heavy atom. The van der Waals surface area contributed by atoms with Crippen molar-refractivity contribution in [1.82, 2.24) is 10.2 Å². The third-order valence-corrected chi connectivity index (χ3v) is 5.61. The fourth-order valence-corrected chi connectivity index (χ4v) is 4.48. The summed E-state index contributed by atoms with van der Waals surface area (Å²) in [7, 11) is 2.18. The number of nitrogens with zero attached hydrogens (tertiary/aromatic N) is 1. The van der Waals surface area contributed by atoms with Crippen LogP contribution in [0.25, 0.3) is 0 Å². The summed E-state index contributed by atoms with van der Waals surface area (Å²) in [5.74, 6) is 0.879. The molecule has 0 aromatic heterocycles. The van der Waals surface area contributed by atoms with Crippen molar-refractivity contribution >= 4 is 0 Å². The molecule has 112 valence electrons. The Kier molecular flexibility index (Phi) is 5.70. The van der Waals surface area contributed by atoms with E-state index in [-0.39, 0.29) is 0 Å². The van der Waals surface area contributed by atoms with Gasteiger partial charge in [0.1, 0.15) is 0 Å². The first-order valence-electron chi connectivity index (χ1n) is 8.58. The Morgan fingerprint density at radius 3 is 1.95 bits per heavy atom. The van der Waals surface area contributed by atoms with E-state index in [1.54, 1.807) is 0 Å². The van der Waals surface area contributed by atoms with Crippen molar-refractivity contribution in [2.24, 2.45) is 5.92 Å². The minimum absolute atomic E-state index is 0.310. The molecule has 2 heteroatoms. The van der Waals surface area contributed by atoms with Gasteiger partial charge in [0, 0.05) is 11.6 Å². The number of nitrogens with one attached hydrogen (secondary N) is 1. The number of hydrogen-bond acceptors (Lipinski definition) is 2. The largest absolute Gasteiger partial charge is 0.315 e. The lowest BCUT2D eigenvalue weighted by Gasteiger charge is -2.48. The molecule has 2 nitrogen and oxygen atoms in total. The molecule has 1 aliphatic heterocycles. The number of piperidine rings is 1. The SMILES string of the molecule is CNC(C1CCCCCC1)C(C)(C)N1CCCCC1. The Hall–Kier alpha value is -0.0800. The van der Waals surface area contributed by atoms with Crippen molar-refractivity contribution in [3.05, 3.63) is 0 Å². The van der Waals surface area contributed by atoms with Gasteiger partial charge in [-0.25, -0.2) is 0 Å². The highest BCUT2D eigenvalue weighted by Crippen LogP contribution is 2.34. The van der Waals surface area contributed by atoms with E-state index in [0.717, 1.165) is 5.92 Å². The third-order valence-electron chi connectivity index (χ3n) is 5.61. The summed E-state index contributed by atoms with van der Waals surface area (Å²) in [6.45, 7) is 7.56. The molecule has 0 aromatic carbocycles. The van der Waals surface area contributed by atoms with E-state index in [2.05, 4.69) is 31.1 Å². The Morgan fingerprint density at radius 2 is 1.42 bits per heavy atom. The molecule has 0 radical (unpaired) electrons. The maximum Gasteiger partial charge on any atom is 0.0308 e. The van der Waals surface area contributed by atoms with Gasteiger partial charge in [0.2, 0.25) is 0 Å². The number of likely N-dealkylation sites (N-methyl/N-ethyl adjacent to an activating group) is 1. The minimum Gasteiger partial charge on any atom is -0.315 e. The molecule has 1 saturated heterocycles. The minimum atomic E-state index is 0.310. The van der Waals surface area contributed by atoms with Gasteiger partial charge in [0.25, 0.3) is 0 Å². The first kappa shape index (κ1) is 15.3. The Balaban J connectivity index is 2.04. The highest BCUT2D eigenvalue weighted by molar-refractivity contribution is 4.97. The van der Waals surface area contributed by atoms with Crippen molar-refractivity contribution in [2.75, 3.05) is 20.1 Å². The molecule has 2 aliphatic rings. The molecule has 0 spiro atoms. The topological polar surface area (TPSA) is 15.3 Å². The van der Waals surface area contributed by atoms with E-state index in [9.17, 15) is 0 Å². The second-order valence-corrected chi connectivity index (χ2v) is 7.22. The number of rotatable bonds is 4. The van der Waals surface area contributed by atoms with Crippen LogP contribution in [-0.4, -0.2) is 36.6 Å². The lowest BCUT2D eigenvalue weighted by Crippen LogP contribution is -2.60. The number of hydrogen-bond donors (Lipinski definition) is 1. The van der Waals surface area contributed by atoms with Crippen LogP contribution in [0, 0.1) is 5.92 Å². The van der Waals surface area contributed by atoms with Crippen LogP contribution >= 0.6 is 0 Å². The zero-order chi connectivity index (χ0) is 13.7. The van der Waals surface area contributed by atoms with Gasteiger partial charge >= 0.3 is 0 Å². The molecule has 19 heavy (non-hydrogen) atoms. The van der Waals surface area contributed by atoms with E-state index < -0.39 is 0 Å². The van der Waals surface area contributed by atoms with Gasteiger partial charge < -0.3 is 5.32 Å². The maximum absolute atomic E-state index is 3.70. The molecule has 1 saturated carbocycles. The fourth-order valence-electron chi connectivity index (χ4n) is 4.48. The van der Waals surface area contributed by atoms with E-state index >= 15 is 0 Å². The Labute approximate surface area is 120 Å². The van der Waals surface area contributed by atoms with Crippen LogP contribution in [0.3, 0.4) is 0 Å². The van der Waals surface area contributed by atoms with Crippen LogP contribution in [0.15, 0.2) is 0 Å².